The highest BCUT2D eigenvalue weighted by Gasteiger charge is 2.28. The van der Waals surface area contributed by atoms with E-state index in [1.165, 1.54) is 13.0 Å². The molecule has 0 radical (unpaired) electrons. The number of hydrogen-bond donors (Lipinski definition) is 2. The molecule has 0 spiro atoms. The van der Waals surface area contributed by atoms with Crippen LogP contribution in [0.15, 0.2) is 0 Å². The van der Waals surface area contributed by atoms with Crippen molar-refractivity contribution < 1.29 is 5.11 Å². The largest absolute Gasteiger partial charge is 0.393 e. The molecule has 15 heavy (non-hydrogen) atoms. The maximum absolute atomic E-state index is 9.19. The number of aliphatic hydroxyl groups excluding tert-OH is 1. The van der Waals surface area contributed by atoms with E-state index in [-0.39, 0.29) is 6.10 Å². The summed E-state index contributed by atoms with van der Waals surface area (Å²) in [6, 6.07) is 1.29. The van der Waals surface area contributed by atoms with Crippen molar-refractivity contribution >= 4 is 0 Å². The molecule has 3 nitrogen and oxygen atoms in total. The summed E-state index contributed by atoms with van der Waals surface area (Å²) in [5, 5.41) is 12.8. The Balaban J connectivity index is 2.28. The Morgan fingerprint density at radius 2 is 2.13 bits per heavy atom. The molecule has 2 N–H and O–H groups in total. The molecular weight excluding hydrogens is 188 g/mol. The number of nitrogens with one attached hydrogen (secondary N) is 1. The molecule has 4 atom stereocenters. The van der Waals surface area contributed by atoms with Crippen LogP contribution in [0, 0.1) is 5.92 Å². The van der Waals surface area contributed by atoms with Gasteiger partial charge in [-0.25, -0.2) is 0 Å². The fourth-order valence-corrected chi connectivity index (χ4v) is 2.30. The Labute approximate surface area is 93.9 Å². The first-order valence-electron chi connectivity index (χ1n) is 6.12. The molecule has 1 aliphatic rings. The van der Waals surface area contributed by atoms with E-state index in [1.807, 2.05) is 6.92 Å². The lowest BCUT2D eigenvalue weighted by molar-refractivity contribution is 0.117. The summed E-state index contributed by atoms with van der Waals surface area (Å²) in [5.74, 6) is 0.709. The zero-order chi connectivity index (χ0) is 11.4. The maximum atomic E-state index is 9.19. The summed E-state index contributed by atoms with van der Waals surface area (Å²) < 4.78 is 0. The van der Waals surface area contributed by atoms with Gasteiger partial charge in [-0.3, -0.25) is 0 Å². The number of likely N-dealkylation sites (tertiary alicyclic amines) is 1. The Kier molecular flexibility index (Phi) is 5.03. The van der Waals surface area contributed by atoms with Gasteiger partial charge in [0.05, 0.1) is 6.10 Å². The molecule has 3 heteroatoms. The third-order valence-corrected chi connectivity index (χ3v) is 3.58. The normalized spacial score (nSPS) is 35.4. The van der Waals surface area contributed by atoms with E-state index >= 15 is 0 Å². The molecule has 1 rings (SSSR count). The van der Waals surface area contributed by atoms with Crippen molar-refractivity contribution in [1.29, 1.82) is 0 Å². The SMILES string of the molecule is C[C@H](O)CCN[C@@H]1C[C@H](C)N(C)C[C@H]1C. The van der Waals surface area contributed by atoms with E-state index in [4.69, 9.17) is 0 Å². The maximum Gasteiger partial charge on any atom is 0.0524 e. The number of aliphatic hydroxyl groups is 1. The standard InChI is InChI=1S/C12H26N2O/c1-9-8-14(4)10(2)7-12(9)13-6-5-11(3)15/h9-13,15H,5-8H2,1-4H3/t9-,10+,11+,12-/m1/s1. The van der Waals surface area contributed by atoms with Crippen LogP contribution in [-0.4, -0.2) is 48.3 Å². The second kappa shape index (κ2) is 5.83. The van der Waals surface area contributed by atoms with Crippen LogP contribution < -0.4 is 5.32 Å². The Morgan fingerprint density at radius 3 is 2.73 bits per heavy atom. The monoisotopic (exact) mass is 214 g/mol. The average molecular weight is 214 g/mol. The minimum atomic E-state index is -0.184. The minimum absolute atomic E-state index is 0.184. The van der Waals surface area contributed by atoms with Gasteiger partial charge in [0.25, 0.3) is 0 Å². The third kappa shape index (κ3) is 4.09. The van der Waals surface area contributed by atoms with Crippen LogP contribution >= 0.6 is 0 Å². The van der Waals surface area contributed by atoms with Gasteiger partial charge in [0.15, 0.2) is 0 Å². The molecule has 0 amide bonds. The molecule has 1 heterocycles. The van der Waals surface area contributed by atoms with Crippen molar-refractivity contribution in [3.8, 4) is 0 Å². The van der Waals surface area contributed by atoms with Crippen LogP contribution in [0.1, 0.15) is 33.6 Å². The fourth-order valence-electron chi connectivity index (χ4n) is 2.30. The fraction of sp³-hybridized carbons (Fsp3) is 1.00. The highest BCUT2D eigenvalue weighted by Crippen LogP contribution is 2.20. The zero-order valence-electron chi connectivity index (χ0n) is 10.5. The molecule has 1 fully saturated rings. The van der Waals surface area contributed by atoms with E-state index in [2.05, 4.69) is 31.1 Å². The van der Waals surface area contributed by atoms with E-state index in [1.54, 1.807) is 0 Å². The molecule has 90 valence electrons. The third-order valence-electron chi connectivity index (χ3n) is 3.58. The average Bonchev–Trinajstić information content (AvgIpc) is 2.13. The smallest absolute Gasteiger partial charge is 0.0524 e. The van der Waals surface area contributed by atoms with Crippen molar-refractivity contribution in [2.24, 2.45) is 5.92 Å². The van der Waals surface area contributed by atoms with Crippen molar-refractivity contribution in [3.05, 3.63) is 0 Å². The van der Waals surface area contributed by atoms with Crippen LogP contribution in [0.3, 0.4) is 0 Å². The summed E-state index contributed by atoms with van der Waals surface area (Å²) in [6.45, 7) is 8.55. The molecule has 0 unspecified atom stereocenters. The quantitative estimate of drug-likeness (QED) is 0.735. The topological polar surface area (TPSA) is 35.5 Å². The van der Waals surface area contributed by atoms with E-state index in [0.717, 1.165) is 13.0 Å². The summed E-state index contributed by atoms with van der Waals surface area (Å²) in [6.07, 6.45) is 1.89. The van der Waals surface area contributed by atoms with Crippen LogP contribution in [0.4, 0.5) is 0 Å². The van der Waals surface area contributed by atoms with Gasteiger partial charge in [0, 0.05) is 18.6 Å². The lowest BCUT2D eigenvalue weighted by atomic mass is 9.90. The van der Waals surface area contributed by atoms with E-state index < -0.39 is 0 Å². The number of rotatable bonds is 4. The van der Waals surface area contributed by atoms with Crippen molar-refractivity contribution in [2.45, 2.75) is 51.8 Å². The van der Waals surface area contributed by atoms with Gasteiger partial charge in [-0.15, -0.1) is 0 Å². The summed E-state index contributed by atoms with van der Waals surface area (Å²) >= 11 is 0. The summed E-state index contributed by atoms with van der Waals surface area (Å²) in [5.41, 5.74) is 0. The first-order chi connectivity index (χ1) is 7.00. The predicted octanol–water partition coefficient (Wildman–Crippen LogP) is 1.08. The zero-order valence-corrected chi connectivity index (χ0v) is 10.5. The molecule has 0 bridgehead atoms. The molecule has 1 saturated heterocycles. The highest BCUT2D eigenvalue weighted by molar-refractivity contribution is 4.85. The molecule has 0 aliphatic carbocycles. The molecule has 0 aromatic rings. The number of nitrogens with zero attached hydrogens (tertiary/aromatic N) is 1. The van der Waals surface area contributed by atoms with Crippen molar-refractivity contribution in [2.75, 3.05) is 20.1 Å². The van der Waals surface area contributed by atoms with E-state index in [0.29, 0.717) is 18.0 Å². The van der Waals surface area contributed by atoms with Gasteiger partial charge >= 0.3 is 0 Å². The summed E-state index contributed by atoms with van der Waals surface area (Å²) in [7, 11) is 2.20. The molecule has 1 aliphatic heterocycles. The lowest BCUT2D eigenvalue weighted by Gasteiger charge is -2.40. The predicted molar refractivity (Wildman–Crippen MR) is 64.0 cm³/mol. The highest BCUT2D eigenvalue weighted by atomic mass is 16.3. The second-order valence-corrected chi connectivity index (χ2v) is 5.20. The minimum Gasteiger partial charge on any atom is -0.393 e. The lowest BCUT2D eigenvalue weighted by Crippen LogP contribution is -2.51. The van der Waals surface area contributed by atoms with Gasteiger partial charge < -0.3 is 15.3 Å². The van der Waals surface area contributed by atoms with Gasteiger partial charge in [-0.05, 0) is 46.2 Å². The van der Waals surface area contributed by atoms with Crippen LogP contribution in [-0.2, 0) is 0 Å². The van der Waals surface area contributed by atoms with Crippen LogP contribution in [0.5, 0.6) is 0 Å². The van der Waals surface area contributed by atoms with Crippen molar-refractivity contribution in [1.82, 2.24) is 10.2 Å². The summed E-state index contributed by atoms with van der Waals surface area (Å²) in [4.78, 5) is 2.43. The first kappa shape index (κ1) is 12.9. The van der Waals surface area contributed by atoms with Gasteiger partial charge in [-0.2, -0.15) is 0 Å². The van der Waals surface area contributed by atoms with Crippen molar-refractivity contribution in [3.63, 3.8) is 0 Å². The Hall–Kier alpha value is -0.120. The Bertz CT molecular complexity index is 184. The number of hydrogen-bond acceptors (Lipinski definition) is 3. The van der Waals surface area contributed by atoms with Crippen LogP contribution in [0.2, 0.25) is 0 Å². The Morgan fingerprint density at radius 1 is 1.47 bits per heavy atom. The van der Waals surface area contributed by atoms with Gasteiger partial charge in [0.1, 0.15) is 0 Å². The number of piperidine rings is 1. The van der Waals surface area contributed by atoms with Gasteiger partial charge in [-0.1, -0.05) is 6.92 Å². The van der Waals surface area contributed by atoms with Gasteiger partial charge in [0.2, 0.25) is 0 Å². The second-order valence-electron chi connectivity index (χ2n) is 5.20. The molecule has 0 saturated carbocycles. The molecule has 0 aromatic carbocycles. The first-order valence-corrected chi connectivity index (χ1v) is 6.12. The molecule has 0 aromatic heterocycles. The van der Waals surface area contributed by atoms with Crippen LogP contribution in [0.25, 0.3) is 0 Å². The molecular formula is C12H26N2O. The van der Waals surface area contributed by atoms with E-state index in [9.17, 15) is 5.11 Å².